The predicted octanol–water partition coefficient (Wildman–Crippen LogP) is -0.319. The van der Waals surface area contributed by atoms with Crippen LogP contribution in [0.5, 0.6) is 0 Å². The van der Waals surface area contributed by atoms with Crippen molar-refractivity contribution in [3.05, 3.63) is 22.4 Å². The molecule has 0 fully saturated rings. The van der Waals surface area contributed by atoms with Gasteiger partial charge in [0.2, 0.25) is 0 Å². The minimum Gasteiger partial charge on any atom is -0.449 e. The van der Waals surface area contributed by atoms with Crippen molar-refractivity contribution in [1.29, 1.82) is 0 Å². The van der Waals surface area contributed by atoms with Gasteiger partial charge < -0.3 is 12.9 Å². The van der Waals surface area contributed by atoms with Gasteiger partial charge in [-0.05, 0) is 10.3 Å². The van der Waals surface area contributed by atoms with E-state index in [0.29, 0.717) is 4.88 Å². The second kappa shape index (κ2) is 5.04. The summed E-state index contributed by atoms with van der Waals surface area (Å²) >= 11 is 1.15. The van der Waals surface area contributed by atoms with Gasteiger partial charge in [-0.25, -0.2) is 0 Å². The Bertz CT molecular complexity index is 196. The molecule has 6 heteroatoms. The Labute approximate surface area is 110 Å². The van der Waals surface area contributed by atoms with E-state index in [2.05, 4.69) is 0 Å². The van der Waals surface area contributed by atoms with E-state index in [1.807, 2.05) is 0 Å². The predicted molar refractivity (Wildman–Crippen MR) is 37.1 cm³/mol. The van der Waals surface area contributed by atoms with Gasteiger partial charge in [-0.3, -0.25) is 0 Å². The zero-order chi connectivity index (χ0) is 7.61. The summed E-state index contributed by atoms with van der Waals surface area (Å²) in [4.78, 5) is 0.396. The summed E-state index contributed by atoms with van der Waals surface area (Å²) in [6, 6.07) is 3.13. The third kappa shape index (κ3) is 5.43. The third-order valence-electron chi connectivity index (χ3n) is 1.01. The molecule has 1 rings (SSSR count). The van der Waals surface area contributed by atoms with E-state index < -0.39 is 13.3 Å². The molecular weight excluding hydrogens is 199 g/mol. The topological polar surface area (TPSA) is 0 Å². The summed E-state index contributed by atoms with van der Waals surface area (Å²) in [5.74, 6) is 0. The normalized spacial score (nSPS) is 10.8. The molecule has 0 aliphatic heterocycles. The Balaban J connectivity index is 0.000001000. The van der Waals surface area contributed by atoms with Crippen molar-refractivity contribution in [2.24, 2.45) is 0 Å². The Morgan fingerprint density at radius 2 is 2.00 bits per heavy atom. The second-order valence-corrected chi connectivity index (χ2v) is 3.03. The number of thiophene rings is 1. The van der Waals surface area contributed by atoms with Crippen LogP contribution < -0.4 is 51.4 Å². The van der Waals surface area contributed by atoms with E-state index in [4.69, 9.17) is 0 Å². The SMILES string of the molecule is F[B-](F)(F)Cc1cccs1.[K+]. The second-order valence-electron chi connectivity index (χ2n) is 1.99. The quantitative estimate of drug-likeness (QED) is 0.579. The Hall–Kier alpha value is 1.19. The fraction of sp³-hybridized carbons (Fsp3) is 0.200. The smallest absolute Gasteiger partial charge is 0.449 e. The standard InChI is InChI=1S/C5H5BF3S.K/c7-6(8,9)4-5-2-1-3-10-5;/h1-3H,4H2;/q-1;+1. The van der Waals surface area contributed by atoms with E-state index in [1.54, 1.807) is 11.4 Å². The molecule has 0 N–H and O–H groups in total. The molecule has 0 spiro atoms. The fourth-order valence-corrected chi connectivity index (χ4v) is 1.43. The fourth-order valence-electron chi connectivity index (χ4n) is 0.657. The van der Waals surface area contributed by atoms with Crippen LogP contribution in [0.1, 0.15) is 4.88 Å². The van der Waals surface area contributed by atoms with Crippen LogP contribution in [0.3, 0.4) is 0 Å². The van der Waals surface area contributed by atoms with Gasteiger partial charge >= 0.3 is 58.4 Å². The molecule has 56 valence electrons. The average Bonchev–Trinajstić information content (AvgIpc) is 2.12. The van der Waals surface area contributed by atoms with E-state index >= 15 is 0 Å². The van der Waals surface area contributed by atoms with Crippen LogP contribution in [-0.4, -0.2) is 6.98 Å². The molecule has 1 heterocycles. The molecule has 1 aromatic rings. The molecule has 0 saturated carbocycles. The average molecular weight is 204 g/mol. The van der Waals surface area contributed by atoms with Gasteiger partial charge in [0.1, 0.15) is 0 Å². The zero-order valence-corrected chi connectivity index (χ0v) is 10.00. The molecule has 0 bridgehead atoms. The molecule has 0 unspecified atom stereocenters. The van der Waals surface area contributed by atoms with Crippen LogP contribution >= 0.6 is 11.3 Å². The van der Waals surface area contributed by atoms with Crippen molar-refractivity contribution in [2.45, 2.75) is 6.32 Å². The van der Waals surface area contributed by atoms with E-state index in [9.17, 15) is 12.9 Å². The van der Waals surface area contributed by atoms with Crippen molar-refractivity contribution < 1.29 is 64.3 Å². The molecular formula is C5H5BF3KS. The van der Waals surface area contributed by atoms with Crippen molar-refractivity contribution >= 4 is 18.3 Å². The van der Waals surface area contributed by atoms with Crippen LogP contribution in [0.4, 0.5) is 12.9 Å². The Morgan fingerprint density at radius 1 is 1.36 bits per heavy atom. The summed E-state index contributed by atoms with van der Waals surface area (Å²) in [6.07, 6.45) is -0.738. The molecule has 0 saturated heterocycles. The molecule has 0 aliphatic carbocycles. The molecule has 0 amide bonds. The van der Waals surface area contributed by atoms with Gasteiger partial charge in [0, 0.05) is 0 Å². The Morgan fingerprint density at radius 3 is 2.36 bits per heavy atom. The maximum atomic E-state index is 11.7. The minimum atomic E-state index is -4.64. The Kier molecular flexibility index (Phi) is 5.58. The monoisotopic (exact) mass is 204 g/mol. The molecule has 0 nitrogen and oxygen atoms in total. The van der Waals surface area contributed by atoms with Crippen LogP contribution in [0, 0.1) is 0 Å². The summed E-state index contributed by atoms with van der Waals surface area (Å²) in [7, 11) is 0. The largest absolute Gasteiger partial charge is 1.00 e. The zero-order valence-electron chi connectivity index (χ0n) is 6.06. The number of hydrogen-bond donors (Lipinski definition) is 0. The van der Waals surface area contributed by atoms with Crippen LogP contribution in [0.25, 0.3) is 0 Å². The van der Waals surface area contributed by atoms with Crippen LogP contribution in [0.2, 0.25) is 0 Å². The van der Waals surface area contributed by atoms with Crippen LogP contribution in [-0.2, 0) is 6.32 Å². The first-order valence-corrected chi connectivity index (χ1v) is 3.69. The first kappa shape index (κ1) is 12.2. The van der Waals surface area contributed by atoms with E-state index in [-0.39, 0.29) is 51.4 Å². The minimum absolute atomic E-state index is 0. The molecule has 0 atom stereocenters. The van der Waals surface area contributed by atoms with Gasteiger partial charge in [-0.2, -0.15) is 11.3 Å². The van der Waals surface area contributed by atoms with E-state index in [1.165, 1.54) is 6.07 Å². The van der Waals surface area contributed by atoms with Crippen molar-refractivity contribution in [3.8, 4) is 0 Å². The van der Waals surface area contributed by atoms with Gasteiger partial charge in [0.25, 0.3) is 0 Å². The van der Waals surface area contributed by atoms with Crippen molar-refractivity contribution in [3.63, 3.8) is 0 Å². The van der Waals surface area contributed by atoms with Gasteiger partial charge in [-0.15, -0.1) is 0 Å². The summed E-state index contributed by atoms with van der Waals surface area (Å²) in [5.41, 5.74) is 0. The first-order valence-electron chi connectivity index (χ1n) is 2.81. The molecule has 0 radical (unpaired) electrons. The van der Waals surface area contributed by atoms with Gasteiger partial charge in [-0.1, -0.05) is 18.5 Å². The number of hydrogen-bond acceptors (Lipinski definition) is 1. The van der Waals surface area contributed by atoms with Gasteiger partial charge in [0.05, 0.1) is 0 Å². The van der Waals surface area contributed by atoms with E-state index in [0.717, 1.165) is 11.3 Å². The maximum absolute atomic E-state index is 11.7. The molecule has 0 aliphatic rings. The third-order valence-corrected chi connectivity index (χ3v) is 1.91. The molecule has 1 aromatic heterocycles. The summed E-state index contributed by atoms with van der Waals surface area (Å²) in [6.45, 7) is -4.64. The van der Waals surface area contributed by atoms with Crippen molar-refractivity contribution in [2.75, 3.05) is 0 Å². The molecule has 0 aromatic carbocycles. The van der Waals surface area contributed by atoms with Gasteiger partial charge in [0.15, 0.2) is 0 Å². The summed E-state index contributed by atoms with van der Waals surface area (Å²) < 4.78 is 35.1. The number of halogens is 3. The maximum Gasteiger partial charge on any atom is 1.00 e. The molecule has 11 heavy (non-hydrogen) atoms. The summed E-state index contributed by atoms with van der Waals surface area (Å²) in [5, 5.41) is 1.65. The van der Waals surface area contributed by atoms with Crippen LogP contribution in [0.15, 0.2) is 17.5 Å². The number of rotatable bonds is 2. The first-order chi connectivity index (χ1) is 4.58. The van der Waals surface area contributed by atoms with Crippen molar-refractivity contribution in [1.82, 2.24) is 0 Å².